The fourth-order valence-electron chi connectivity index (χ4n) is 1.25. The molecule has 4 nitrogen and oxygen atoms in total. The van der Waals surface area contributed by atoms with Gasteiger partial charge >= 0.3 is 0 Å². The van der Waals surface area contributed by atoms with Gasteiger partial charge in [0, 0.05) is 4.47 Å². The Morgan fingerprint density at radius 2 is 2.12 bits per heavy atom. The van der Waals surface area contributed by atoms with Crippen LogP contribution in [-0.2, 0) is 0 Å². The molecule has 2 aromatic rings. The first-order valence-electron chi connectivity index (χ1n) is 4.66. The van der Waals surface area contributed by atoms with Gasteiger partial charge in [-0.05, 0) is 30.7 Å². The van der Waals surface area contributed by atoms with E-state index in [-0.39, 0.29) is 0 Å². The van der Waals surface area contributed by atoms with E-state index in [1.165, 1.54) is 12.4 Å². The van der Waals surface area contributed by atoms with Gasteiger partial charge in [0.05, 0.1) is 12.4 Å². The minimum atomic E-state index is 0.340. The lowest BCUT2D eigenvalue weighted by Gasteiger charge is -2.07. The van der Waals surface area contributed by atoms with Gasteiger partial charge in [0.2, 0.25) is 5.88 Å². The van der Waals surface area contributed by atoms with Gasteiger partial charge < -0.3 is 10.5 Å². The minimum absolute atomic E-state index is 0.340. The topological polar surface area (TPSA) is 61.0 Å². The number of rotatable bonds is 2. The largest absolute Gasteiger partial charge is 0.437 e. The molecule has 0 saturated heterocycles. The smallest absolute Gasteiger partial charge is 0.239 e. The van der Waals surface area contributed by atoms with Crippen LogP contribution in [0.4, 0.5) is 5.82 Å². The van der Waals surface area contributed by atoms with Crippen molar-refractivity contribution < 1.29 is 4.74 Å². The molecule has 0 atom stereocenters. The van der Waals surface area contributed by atoms with Gasteiger partial charge in [-0.15, -0.1) is 0 Å². The molecule has 0 radical (unpaired) electrons. The number of nitrogens with zero attached hydrogens (tertiary/aromatic N) is 2. The van der Waals surface area contributed by atoms with E-state index >= 15 is 0 Å². The van der Waals surface area contributed by atoms with E-state index in [4.69, 9.17) is 10.5 Å². The fourth-order valence-corrected chi connectivity index (χ4v) is 1.73. The summed E-state index contributed by atoms with van der Waals surface area (Å²) in [5.74, 6) is 1.47. The van der Waals surface area contributed by atoms with Crippen LogP contribution in [0.2, 0.25) is 0 Å². The molecule has 0 aliphatic heterocycles. The van der Waals surface area contributed by atoms with Crippen molar-refractivity contribution in [1.82, 2.24) is 9.97 Å². The number of hydrogen-bond donors (Lipinski definition) is 1. The highest BCUT2D eigenvalue weighted by Gasteiger charge is 2.03. The molecule has 0 aliphatic carbocycles. The van der Waals surface area contributed by atoms with Gasteiger partial charge in [0.15, 0.2) is 0 Å². The lowest BCUT2D eigenvalue weighted by atomic mass is 10.2. The van der Waals surface area contributed by atoms with E-state index in [0.717, 1.165) is 15.8 Å². The molecule has 0 amide bonds. The van der Waals surface area contributed by atoms with Gasteiger partial charge in [0.1, 0.15) is 11.6 Å². The van der Waals surface area contributed by atoms with Crippen LogP contribution in [0, 0.1) is 6.92 Å². The van der Waals surface area contributed by atoms with Gasteiger partial charge in [-0.3, -0.25) is 4.98 Å². The van der Waals surface area contributed by atoms with Crippen LogP contribution in [0.25, 0.3) is 0 Å². The third-order valence-electron chi connectivity index (χ3n) is 1.98. The van der Waals surface area contributed by atoms with Gasteiger partial charge in [0.25, 0.3) is 0 Å². The lowest BCUT2D eigenvalue weighted by molar-refractivity contribution is 0.457. The van der Waals surface area contributed by atoms with Crippen LogP contribution in [-0.4, -0.2) is 9.97 Å². The van der Waals surface area contributed by atoms with Crippen molar-refractivity contribution in [2.75, 3.05) is 5.73 Å². The standard InChI is InChI=1S/C11H10BrN3O/c1-7-4-8(12)2-3-9(7)16-11-6-14-5-10(13)15-11/h2-6H,1H3,(H2,13,15). The zero-order chi connectivity index (χ0) is 11.5. The second-order valence-electron chi connectivity index (χ2n) is 3.29. The summed E-state index contributed by atoms with van der Waals surface area (Å²) in [4.78, 5) is 7.92. The molecule has 0 saturated carbocycles. The van der Waals surface area contributed by atoms with E-state index in [1.807, 2.05) is 25.1 Å². The molecule has 82 valence electrons. The van der Waals surface area contributed by atoms with Crippen LogP contribution in [0.3, 0.4) is 0 Å². The normalized spacial score (nSPS) is 10.1. The predicted octanol–water partition coefficient (Wildman–Crippen LogP) is 2.92. The molecule has 0 bridgehead atoms. The van der Waals surface area contributed by atoms with Crippen molar-refractivity contribution in [3.8, 4) is 11.6 Å². The summed E-state index contributed by atoms with van der Waals surface area (Å²) < 4.78 is 6.58. The van der Waals surface area contributed by atoms with Crippen molar-refractivity contribution in [3.63, 3.8) is 0 Å². The summed E-state index contributed by atoms with van der Waals surface area (Å²) in [5.41, 5.74) is 6.53. The zero-order valence-electron chi connectivity index (χ0n) is 8.64. The zero-order valence-corrected chi connectivity index (χ0v) is 10.2. The lowest BCUT2D eigenvalue weighted by Crippen LogP contribution is -1.95. The molecule has 1 heterocycles. The maximum Gasteiger partial charge on any atom is 0.239 e. The molecule has 0 aliphatic rings. The summed E-state index contributed by atoms with van der Waals surface area (Å²) >= 11 is 3.39. The highest BCUT2D eigenvalue weighted by molar-refractivity contribution is 9.10. The van der Waals surface area contributed by atoms with Crippen LogP contribution >= 0.6 is 15.9 Å². The number of aryl methyl sites for hydroxylation is 1. The van der Waals surface area contributed by atoms with E-state index in [0.29, 0.717) is 11.7 Å². The minimum Gasteiger partial charge on any atom is -0.437 e. The monoisotopic (exact) mass is 279 g/mol. The van der Waals surface area contributed by atoms with E-state index in [1.54, 1.807) is 0 Å². The summed E-state index contributed by atoms with van der Waals surface area (Å²) in [6.45, 7) is 1.96. The van der Waals surface area contributed by atoms with E-state index < -0.39 is 0 Å². The molecular formula is C11H10BrN3O. The number of aromatic nitrogens is 2. The molecule has 1 aromatic carbocycles. The quantitative estimate of drug-likeness (QED) is 0.918. The summed E-state index contributed by atoms with van der Waals surface area (Å²) in [5, 5.41) is 0. The molecule has 2 N–H and O–H groups in total. The van der Waals surface area contributed by atoms with Crippen molar-refractivity contribution in [3.05, 3.63) is 40.6 Å². The van der Waals surface area contributed by atoms with Crippen molar-refractivity contribution in [1.29, 1.82) is 0 Å². The van der Waals surface area contributed by atoms with Crippen LogP contribution < -0.4 is 10.5 Å². The van der Waals surface area contributed by atoms with E-state index in [9.17, 15) is 0 Å². The number of halogens is 1. The van der Waals surface area contributed by atoms with Crippen LogP contribution in [0.15, 0.2) is 35.1 Å². The second-order valence-corrected chi connectivity index (χ2v) is 4.21. The molecular weight excluding hydrogens is 270 g/mol. The maximum absolute atomic E-state index is 5.57. The first kappa shape index (κ1) is 10.9. The first-order valence-corrected chi connectivity index (χ1v) is 5.46. The maximum atomic E-state index is 5.57. The molecule has 5 heteroatoms. The van der Waals surface area contributed by atoms with Crippen LogP contribution in [0.1, 0.15) is 5.56 Å². The highest BCUT2D eigenvalue weighted by Crippen LogP contribution is 2.26. The molecule has 1 aromatic heterocycles. The predicted molar refractivity (Wildman–Crippen MR) is 65.4 cm³/mol. The Bertz CT molecular complexity index is 516. The first-order chi connectivity index (χ1) is 7.65. The van der Waals surface area contributed by atoms with E-state index in [2.05, 4.69) is 25.9 Å². The highest BCUT2D eigenvalue weighted by atomic mass is 79.9. The summed E-state index contributed by atoms with van der Waals surface area (Å²) in [6.07, 6.45) is 3.00. The average Bonchev–Trinajstić information content (AvgIpc) is 2.22. The molecule has 0 unspecified atom stereocenters. The Balaban J connectivity index is 2.27. The SMILES string of the molecule is Cc1cc(Br)ccc1Oc1cncc(N)n1. The average molecular weight is 280 g/mol. The third-order valence-corrected chi connectivity index (χ3v) is 2.48. The Labute approximate surface area is 102 Å². The third kappa shape index (κ3) is 2.49. The van der Waals surface area contributed by atoms with Gasteiger partial charge in [-0.1, -0.05) is 15.9 Å². The number of nitrogen functional groups attached to an aromatic ring is 1. The molecule has 0 spiro atoms. The number of ether oxygens (including phenoxy) is 1. The van der Waals surface area contributed by atoms with Crippen molar-refractivity contribution >= 4 is 21.7 Å². The Morgan fingerprint density at radius 1 is 1.31 bits per heavy atom. The summed E-state index contributed by atoms with van der Waals surface area (Å²) in [6, 6.07) is 5.74. The number of anilines is 1. The molecule has 0 fully saturated rings. The Kier molecular flexibility index (Phi) is 3.05. The molecule has 16 heavy (non-hydrogen) atoms. The van der Waals surface area contributed by atoms with Gasteiger partial charge in [-0.25, -0.2) is 0 Å². The fraction of sp³-hybridized carbons (Fsp3) is 0.0909. The Hall–Kier alpha value is -1.62. The Morgan fingerprint density at radius 3 is 2.81 bits per heavy atom. The molecule has 2 rings (SSSR count). The van der Waals surface area contributed by atoms with Gasteiger partial charge in [-0.2, -0.15) is 4.98 Å². The van der Waals surface area contributed by atoms with Crippen molar-refractivity contribution in [2.45, 2.75) is 6.92 Å². The van der Waals surface area contributed by atoms with Crippen LogP contribution in [0.5, 0.6) is 11.6 Å². The summed E-state index contributed by atoms with van der Waals surface area (Å²) in [7, 11) is 0. The number of nitrogens with two attached hydrogens (primary N) is 1. The second kappa shape index (κ2) is 4.49. The number of benzene rings is 1. The van der Waals surface area contributed by atoms with Crippen molar-refractivity contribution in [2.24, 2.45) is 0 Å². The number of hydrogen-bond acceptors (Lipinski definition) is 4.